The van der Waals surface area contributed by atoms with Crippen molar-refractivity contribution in [3.05, 3.63) is 42.0 Å². The Morgan fingerprint density at radius 3 is 2.12 bits per heavy atom. The standard InChI is InChI=1S/C22H27N3O6S/c1-2-31-22(28)16-7-9-17(10-8-16)32(29,30)24-13-11-23(12-14-24)15-25-20(26)18-5-3-4-6-19(18)21(25)27/h3-4,7-10,18-19H,2,5-6,11-15H2,1H3/p+1/t18-,19-/m0/s1. The molecular formula is C22H28N3O6S+. The number of amides is 2. The first-order chi connectivity index (χ1) is 15.3. The molecule has 1 N–H and O–H groups in total. The van der Waals surface area contributed by atoms with E-state index in [4.69, 9.17) is 4.74 Å². The van der Waals surface area contributed by atoms with Gasteiger partial charge in [-0.25, -0.2) is 18.1 Å². The number of hydrogen-bond acceptors (Lipinski definition) is 6. The molecule has 0 aromatic heterocycles. The van der Waals surface area contributed by atoms with E-state index in [9.17, 15) is 22.8 Å². The van der Waals surface area contributed by atoms with Crippen molar-refractivity contribution in [2.24, 2.45) is 11.8 Å². The van der Waals surface area contributed by atoms with Gasteiger partial charge < -0.3 is 9.64 Å². The molecule has 2 aliphatic heterocycles. The smallest absolute Gasteiger partial charge is 0.338 e. The van der Waals surface area contributed by atoms with Crippen LogP contribution in [0.4, 0.5) is 0 Å². The van der Waals surface area contributed by atoms with Gasteiger partial charge in [0.25, 0.3) is 0 Å². The molecular weight excluding hydrogens is 434 g/mol. The Hall–Kier alpha value is -2.56. The fourth-order valence-corrected chi connectivity index (χ4v) is 6.02. The second kappa shape index (κ2) is 9.13. The van der Waals surface area contributed by atoms with Crippen molar-refractivity contribution < 1.29 is 32.4 Å². The van der Waals surface area contributed by atoms with E-state index in [1.807, 2.05) is 12.2 Å². The topological polar surface area (TPSA) is 106 Å². The Kier molecular flexibility index (Phi) is 6.45. The van der Waals surface area contributed by atoms with Crippen molar-refractivity contribution in [2.45, 2.75) is 24.7 Å². The lowest BCUT2D eigenvalue weighted by Gasteiger charge is -2.33. The number of quaternary nitrogens is 1. The van der Waals surface area contributed by atoms with E-state index in [0.29, 0.717) is 44.6 Å². The zero-order valence-electron chi connectivity index (χ0n) is 18.0. The van der Waals surface area contributed by atoms with Gasteiger partial charge >= 0.3 is 5.97 Å². The van der Waals surface area contributed by atoms with Gasteiger partial charge in [-0.1, -0.05) is 12.2 Å². The Labute approximate surface area is 187 Å². The molecule has 4 rings (SSSR count). The van der Waals surface area contributed by atoms with Gasteiger partial charge in [-0.05, 0) is 44.0 Å². The summed E-state index contributed by atoms with van der Waals surface area (Å²) in [4.78, 5) is 39.6. The van der Waals surface area contributed by atoms with E-state index >= 15 is 0 Å². The Balaban J connectivity index is 1.35. The van der Waals surface area contributed by atoms with Crippen molar-refractivity contribution in [3.8, 4) is 0 Å². The Bertz CT molecular complexity index is 1000. The maximum atomic E-state index is 13.0. The molecule has 172 valence electrons. The molecule has 2 atom stereocenters. The summed E-state index contributed by atoms with van der Waals surface area (Å²) in [6.45, 7) is 3.84. The highest BCUT2D eigenvalue weighted by Gasteiger charge is 2.48. The number of nitrogens with zero attached hydrogens (tertiary/aromatic N) is 2. The van der Waals surface area contributed by atoms with E-state index in [-0.39, 0.29) is 41.8 Å². The molecule has 32 heavy (non-hydrogen) atoms. The van der Waals surface area contributed by atoms with Gasteiger partial charge in [0.1, 0.15) is 0 Å². The predicted molar refractivity (Wildman–Crippen MR) is 114 cm³/mol. The number of benzene rings is 1. The number of imide groups is 1. The normalized spacial score (nSPS) is 24.6. The zero-order valence-corrected chi connectivity index (χ0v) is 18.8. The fraction of sp³-hybridized carbons (Fsp3) is 0.500. The summed E-state index contributed by atoms with van der Waals surface area (Å²) in [5.41, 5.74) is 0.302. The van der Waals surface area contributed by atoms with Crippen LogP contribution in [0.1, 0.15) is 30.1 Å². The lowest BCUT2D eigenvalue weighted by Crippen LogP contribution is -3.16. The summed E-state index contributed by atoms with van der Waals surface area (Å²) in [5, 5.41) is 0. The van der Waals surface area contributed by atoms with Gasteiger partial charge in [-0.3, -0.25) is 9.59 Å². The molecule has 9 nitrogen and oxygen atoms in total. The number of carbonyl (C=O) groups excluding carboxylic acids is 3. The Morgan fingerprint density at radius 2 is 1.59 bits per heavy atom. The lowest BCUT2D eigenvalue weighted by atomic mass is 9.85. The largest absolute Gasteiger partial charge is 0.462 e. The van der Waals surface area contributed by atoms with Crippen LogP contribution in [0.5, 0.6) is 0 Å². The average molecular weight is 463 g/mol. The highest BCUT2D eigenvalue weighted by atomic mass is 32.2. The van der Waals surface area contributed by atoms with Crippen LogP contribution in [-0.2, 0) is 24.3 Å². The van der Waals surface area contributed by atoms with Crippen molar-refractivity contribution in [1.82, 2.24) is 9.21 Å². The highest BCUT2D eigenvalue weighted by Crippen LogP contribution is 2.34. The van der Waals surface area contributed by atoms with E-state index < -0.39 is 16.0 Å². The number of rotatable bonds is 6. The van der Waals surface area contributed by atoms with Crippen LogP contribution < -0.4 is 4.90 Å². The van der Waals surface area contributed by atoms with Crippen LogP contribution in [-0.4, -0.2) is 74.9 Å². The molecule has 1 aromatic carbocycles. The van der Waals surface area contributed by atoms with Crippen molar-refractivity contribution in [2.75, 3.05) is 39.5 Å². The molecule has 0 radical (unpaired) electrons. The molecule has 2 heterocycles. The van der Waals surface area contributed by atoms with E-state index in [1.165, 1.54) is 33.5 Å². The van der Waals surface area contributed by atoms with Gasteiger partial charge in [0.05, 0.1) is 55.1 Å². The molecule has 2 fully saturated rings. The summed E-state index contributed by atoms with van der Waals surface area (Å²) in [6.07, 6.45) is 5.15. The third kappa shape index (κ3) is 4.22. The third-order valence-electron chi connectivity index (χ3n) is 6.41. The van der Waals surface area contributed by atoms with Crippen LogP contribution in [0.3, 0.4) is 0 Å². The maximum Gasteiger partial charge on any atom is 0.338 e. The number of piperazine rings is 1. The summed E-state index contributed by atoms with van der Waals surface area (Å²) in [7, 11) is -3.69. The van der Waals surface area contributed by atoms with Gasteiger partial charge in [-0.15, -0.1) is 0 Å². The first-order valence-corrected chi connectivity index (χ1v) is 12.4. The maximum absolute atomic E-state index is 13.0. The quantitative estimate of drug-likeness (QED) is 0.352. The first-order valence-electron chi connectivity index (χ1n) is 10.9. The van der Waals surface area contributed by atoms with Gasteiger partial charge in [0.15, 0.2) is 6.67 Å². The third-order valence-corrected chi connectivity index (χ3v) is 8.33. The summed E-state index contributed by atoms with van der Waals surface area (Å²) < 4.78 is 32.3. The SMILES string of the molecule is CCOC(=O)c1ccc(S(=O)(=O)N2CC[NH+](CN3C(=O)[C@H]4CC=CC[C@@H]4C3=O)CC2)cc1. The first kappa shape index (κ1) is 22.6. The number of esters is 1. The van der Waals surface area contributed by atoms with Crippen LogP contribution in [0.25, 0.3) is 0 Å². The number of allylic oxidation sites excluding steroid dienone is 2. The minimum Gasteiger partial charge on any atom is -0.462 e. The number of carbonyl (C=O) groups is 3. The molecule has 0 bridgehead atoms. The average Bonchev–Trinajstić information content (AvgIpc) is 3.05. The summed E-state index contributed by atoms with van der Waals surface area (Å²) in [5.74, 6) is -1.19. The second-order valence-electron chi connectivity index (χ2n) is 8.32. The minimum absolute atomic E-state index is 0.103. The van der Waals surface area contributed by atoms with Crippen molar-refractivity contribution >= 4 is 27.8 Å². The molecule has 0 unspecified atom stereocenters. The highest BCUT2D eigenvalue weighted by molar-refractivity contribution is 7.89. The number of fused-ring (bicyclic) bond motifs is 1. The predicted octanol–water partition coefficient (Wildman–Crippen LogP) is -0.339. The van der Waals surface area contributed by atoms with Crippen LogP contribution in [0.2, 0.25) is 0 Å². The second-order valence-corrected chi connectivity index (χ2v) is 10.3. The van der Waals surface area contributed by atoms with Gasteiger partial charge in [0.2, 0.25) is 21.8 Å². The molecule has 0 spiro atoms. The molecule has 10 heteroatoms. The molecule has 2 saturated heterocycles. The fourth-order valence-electron chi connectivity index (χ4n) is 4.58. The van der Waals surface area contributed by atoms with Crippen molar-refractivity contribution in [3.63, 3.8) is 0 Å². The van der Waals surface area contributed by atoms with Crippen molar-refractivity contribution in [1.29, 1.82) is 0 Å². The van der Waals surface area contributed by atoms with Crippen LogP contribution >= 0.6 is 0 Å². The number of hydrogen-bond donors (Lipinski definition) is 1. The molecule has 1 aliphatic carbocycles. The molecule has 0 saturated carbocycles. The van der Waals surface area contributed by atoms with E-state index in [2.05, 4.69) is 0 Å². The number of sulfonamides is 1. The van der Waals surface area contributed by atoms with E-state index in [1.54, 1.807) is 6.92 Å². The van der Waals surface area contributed by atoms with Gasteiger partial charge in [0, 0.05) is 0 Å². The van der Waals surface area contributed by atoms with Gasteiger partial charge in [-0.2, -0.15) is 4.31 Å². The monoisotopic (exact) mass is 462 g/mol. The molecule has 1 aromatic rings. The number of nitrogens with one attached hydrogen (secondary N) is 1. The lowest BCUT2D eigenvalue weighted by molar-refractivity contribution is -0.910. The minimum atomic E-state index is -3.69. The Morgan fingerprint density at radius 1 is 1.03 bits per heavy atom. The van der Waals surface area contributed by atoms with Crippen LogP contribution in [0, 0.1) is 11.8 Å². The molecule has 3 aliphatic rings. The zero-order chi connectivity index (χ0) is 22.9. The summed E-state index contributed by atoms with van der Waals surface area (Å²) >= 11 is 0. The summed E-state index contributed by atoms with van der Waals surface area (Å²) in [6, 6.07) is 5.73. The molecule has 2 amide bonds. The number of likely N-dealkylation sites (tertiary alicyclic amines) is 1. The number of ether oxygens (including phenoxy) is 1. The van der Waals surface area contributed by atoms with Crippen LogP contribution in [0.15, 0.2) is 41.3 Å². The van der Waals surface area contributed by atoms with E-state index in [0.717, 1.165) is 4.90 Å².